The molecule has 0 aliphatic rings. The van der Waals surface area contributed by atoms with Gasteiger partial charge in [-0.1, -0.05) is 54.1 Å². The van der Waals surface area contributed by atoms with Gasteiger partial charge in [-0.2, -0.15) is 0 Å². The molecule has 4 aromatic rings. The molecule has 0 saturated heterocycles. The van der Waals surface area contributed by atoms with Crippen LogP contribution in [0.25, 0.3) is 32.9 Å². The highest BCUT2D eigenvalue weighted by Gasteiger charge is 2.12. The first-order chi connectivity index (χ1) is 11.5. The Morgan fingerprint density at radius 3 is 2.21 bits per heavy atom. The van der Waals surface area contributed by atoms with E-state index in [0.29, 0.717) is 10.3 Å². The number of rotatable bonds is 1. The van der Waals surface area contributed by atoms with Gasteiger partial charge in [0.1, 0.15) is 0 Å². The third-order valence-corrected chi connectivity index (χ3v) is 4.70. The van der Waals surface area contributed by atoms with Crippen LogP contribution in [0.5, 0.6) is 0 Å². The molecule has 24 heavy (non-hydrogen) atoms. The van der Waals surface area contributed by atoms with Gasteiger partial charge in [-0.3, -0.25) is 0 Å². The minimum atomic E-state index is -0.344. The van der Waals surface area contributed by atoms with Crippen molar-refractivity contribution in [2.24, 2.45) is 0 Å². The Morgan fingerprint density at radius 1 is 0.792 bits per heavy atom. The first kappa shape index (κ1) is 15.0. The quantitative estimate of drug-likeness (QED) is 0.282. The minimum absolute atomic E-state index is 0.232. The number of benzene rings is 3. The summed E-state index contributed by atoms with van der Waals surface area (Å²) in [5.41, 5.74) is 4.19. The summed E-state index contributed by atoms with van der Waals surface area (Å²) in [5, 5.41) is 2.49. The smallest absolute Gasteiger partial charge is 0.198 e. The average molecular weight is 334 g/mol. The monoisotopic (exact) mass is 334 g/mol. The molecule has 0 spiro atoms. The summed E-state index contributed by atoms with van der Waals surface area (Å²) in [6.45, 7) is 3.78. The van der Waals surface area contributed by atoms with E-state index in [1.54, 1.807) is 13.0 Å². The Hall–Kier alpha value is -2.52. The van der Waals surface area contributed by atoms with Crippen LogP contribution in [0.4, 0.5) is 4.39 Å². The van der Waals surface area contributed by atoms with Crippen molar-refractivity contribution in [3.63, 3.8) is 0 Å². The highest BCUT2D eigenvalue weighted by Crippen LogP contribution is 2.32. The summed E-state index contributed by atoms with van der Waals surface area (Å²) < 4.78 is 20.3. The van der Waals surface area contributed by atoms with Crippen molar-refractivity contribution in [2.45, 2.75) is 13.8 Å². The molecule has 3 heteroatoms. The summed E-state index contributed by atoms with van der Waals surface area (Å²) in [5.74, 6) is -0.344. The number of hydrogen-bond donors (Lipinski definition) is 0. The largest absolute Gasteiger partial charge is 0.441 e. The van der Waals surface area contributed by atoms with Crippen molar-refractivity contribution in [3.05, 3.63) is 76.2 Å². The molecule has 0 amide bonds. The molecule has 0 radical (unpaired) electrons. The number of aryl methyl sites for hydroxylation is 2. The Labute approximate surface area is 144 Å². The second-order valence-electron chi connectivity index (χ2n) is 6.09. The molecule has 1 nitrogen and oxygen atoms in total. The van der Waals surface area contributed by atoms with Crippen molar-refractivity contribution in [3.8, 4) is 11.1 Å². The van der Waals surface area contributed by atoms with E-state index in [0.717, 1.165) is 27.3 Å². The second kappa shape index (κ2) is 5.53. The van der Waals surface area contributed by atoms with Crippen LogP contribution in [0.2, 0.25) is 0 Å². The summed E-state index contributed by atoms with van der Waals surface area (Å²) in [6, 6.07) is 18.0. The Morgan fingerprint density at radius 2 is 1.46 bits per heavy atom. The first-order valence-corrected chi connectivity index (χ1v) is 8.18. The lowest BCUT2D eigenvalue weighted by molar-refractivity contribution is 0.542. The lowest BCUT2D eigenvalue weighted by Gasteiger charge is -2.08. The Bertz CT molecular complexity index is 1140. The van der Waals surface area contributed by atoms with E-state index >= 15 is 0 Å². The van der Waals surface area contributed by atoms with Gasteiger partial charge >= 0.3 is 0 Å². The van der Waals surface area contributed by atoms with E-state index in [9.17, 15) is 4.39 Å². The Balaban J connectivity index is 2.03. The van der Waals surface area contributed by atoms with Crippen molar-refractivity contribution in [2.75, 3.05) is 0 Å². The predicted molar refractivity (Wildman–Crippen MR) is 99.4 cm³/mol. The van der Waals surface area contributed by atoms with Gasteiger partial charge in [0.15, 0.2) is 16.1 Å². The highest BCUT2D eigenvalue weighted by molar-refractivity contribution is 7.71. The molecule has 1 aromatic heterocycles. The molecule has 0 saturated carbocycles. The maximum atomic E-state index is 14.3. The van der Waals surface area contributed by atoms with Gasteiger partial charge < -0.3 is 4.42 Å². The molecule has 4 rings (SSSR count). The maximum absolute atomic E-state index is 14.3. The second-order valence-corrected chi connectivity index (χ2v) is 6.46. The molecule has 118 valence electrons. The molecule has 0 aliphatic carbocycles. The molecule has 0 N–H and O–H groups in total. The van der Waals surface area contributed by atoms with Gasteiger partial charge in [-0.05, 0) is 54.2 Å². The molecular formula is C21H15FOS. The maximum Gasteiger partial charge on any atom is 0.198 e. The van der Waals surface area contributed by atoms with Gasteiger partial charge in [0.05, 0.1) is 0 Å². The van der Waals surface area contributed by atoms with Gasteiger partial charge in [-0.15, -0.1) is 0 Å². The molecule has 3 aromatic carbocycles. The van der Waals surface area contributed by atoms with Crippen LogP contribution in [0, 0.1) is 24.4 Å². The topological polar surface area (TPSA) is 13.1 Å². The molecule has 0 aliphatic heterocycles. The lowest BCUT2D eigenvalue weighted by Crippen LogP contribution is -1.88. The predicted octanol–water partition coefficient (Wildman–Crippen LogP) is 6.74. The van der Waals surface area contributed by atoms with Crippen LogP contribution in [-0.4, -0.2) is 0 Å². The number of hydrogen-bond acceptors (Lipinski definition) is 2. The van der Waals surface area contributed by atoms with Crippen LogP contribution in [0.3, 0.4) is 0 Å². The molecule has 0 atom stereocenters. The van der Waals surface area contributed by atoms with E-state index in [1.807, 2.05) is 24.3 Å². The van der Waals surface area contributed by atoms with Crippen LogP contribution >= 0.6 is 12.2 Å². The number of fused-ring (bicyclic) bond motifs is 3. The zero-order chi connectivity index (χ0) is 16.8. The first-order valence-electron chi connectivity index (χ1n) is 7.77. The van der Waals surface area contributed by atoms with Gasteiger partial charge in [0.2, 0.25) is 0 Å². The van der Waals surface area contributed by atoms with E-state index < -0.39 is 0 Å². The average Bonchev–Trinajstić information content (AvgIpc) is 2.59. The van der Waals surface area contributed by atoms with E-state index in [1.165, 1.54) is 5.56 Å². The summed E-state index contributed by atoms with van der Waals surface area (Å²) in [7, 11) is 0. The van der Waals surface area contributed by atoms with Gasteiger partial charge in [0, 0.05) is 10.8 Å². The van der Waals surface area contributed by atoms with E-state index in [2.05, 4.69) is 31.2 Å². The van der Waals surface area contributed by atoms with Crippen LogP contribution in [-0.2, 0) is 0 Å². The van der Waals surface area contributed by atoms with Crippen molar-refractivity contribution in [1.29, 1.82) is 0 Å². The minimum Gasteiger partial charge on any atom is -0.441 e. The SMILES string of the molecule is Cc1ccc(-c2ccc3c(c2)c(=S)oc2c(F)c(C)ccc23)cc1. The highest BCUT2D eigenvalue weighted by atomic mass is 32.1. The summed E-state index contributed by atoms with van der Waals surface area (Å²) in [4.78, 5) is 0. The fourth-order valence-electron chi connectivity index (χ4n) is 2.99. The van der Waals surface area contributed by atoms with Crippen LogP contribution in [0.15, 0.2) is 59.0 Å². The molecular weight excluding hydrogens is 319 g/mol. The third kappa shape index (κ3) is 2.33. The van der Waals surface area contributed by atoms with Gasteiger partial charge in [0.25, 0.3) is 0 Å². The fraction of sp³-hybridized carbons (Fsp3) is 0.0952. The van der Waals surface area contributed by atoms with Crippen molar-refractivity contribution < 1.29 is 8.81 Å². The van der Waals surface area contributed by atoms with Crippen molar-refractivity contribution >= 4 is 34.0 Å². The van der Waals surface area contributed by atoms with Crippen LogP contribution < -0.4 is 0 Å². The van der Waals surface area contributed by atoms with E-state index in [4.69, 9.17) is 16.6 Å². The molecule has 0 bridgehead atoms. The standard InChI is InChI=1S/C21H15FOS/c1-12-3-6-14(7-4-12)15-8-10-16-17-9-5-13(2)19(22)20(17)23-21(24)18(16)11-15/h3-11H,1-2H3. The summed E-state index contributed by atoms with van der Waals surface area (Å²) >= 11 is 5.38. The summed E-state index contributed by atoms with van der Waals surface area (Å²) in [6.07, 6.45) is 0. The molecule has 0 fully saturated rings. The molecule has 1 heterocycles. The van der Waals surface area contributed by atoms with Crippen molar-refractivity contribution in [1.82, 2.24) is 0 Å². The fourth-order valence-corrected chi connectivity index (χ4v) is 3.24. The van der Waals surface area contributed by atoms with E-state index in [-0.39, 0.29) is 11.4 Å². The molecule has 0 unspecified atom stereocenters. The third-order valence-electron chi connectivity index (χ3n) is 4.40. The van der Waals surface area contributed by atoms with Crippen LogP contribution in [0.1, 0.15) is 11.1 Å². The zero-order valence-corrected chi connectivity index (χ0v) is 14.2. The number of halogens is 1. The zero-order valence-electron chi connectivity index (χ0n) is 13.4. The Kier molecular flexibility index (Phi) is 3.47. The normalized spacial score (nSPS) is 11.3. The lowest BCUT2D eigenvalue weighted by atomic mass is 9.99. The van der Waals surface area contributed by atoms with Gasteiger partial charge in [-0.25, -0.2) is 4.39 Å².